The first-order valence-corrected chi connectivity index (χ1v) is 9.45. The molecule has 4 rings (SSSR count). The number of allylic oxidation sites excluding steroid dienone is 1. The standard InChI is InChI=1S/C24H21N3O2/c1-16(28)27-14-19(12-17-8-4-2-5-9-17)23-21(15-27)22(18-10-6-3-7-11-18)20(13-25)24(26)29-23/h2-12,22H,14-15,26H2,1H3/b19-12+. The number of hydrogen-bond acceptors (Lipinski definition) is 4. The van der Waals surface area contributed by atoms with Crippen LogP contribution in [0.25, 0.3) is 6.08 Å². The monoisotopic (exact) mass is 383 g/mol. The normalized spacial score (nSPS) is 20.2. The number of nitrogens with zero attached hydrogens (tertiary/aromatic N) is 2. The number of carbonyl (C=O) groups excluding carboxylic acids is 1. The Morgan fingerprint density at radius 2 is 1.79 bits per heavy atom. The minimum absolute atomic E-state index is 0.0247. The quantitative estimate of drug-likeness (QED) is 0.858. The smallest absolute Gasteiger partial charge is 0.220 e. The Kier molecular flexibility index (Phi) is 4.92. The molecular formula is C24H21N3O2. The lowest BCUT2D eigenvalue weighted by molar-refractivity contribution is -0.128. The van der Waals surface area contributed by atoms with Crippen molar-refractivity contribution in [3.05, 3.63) is 100 Å². The summed E-state index contributed by atoms with van der Waals surface area (Å²) in [6.45, 7) is 2.39. The largest absolute Gasteiger partial charge is 0.440 e. The number of nitrogens with two attached hydrogens (primary N) is 1. The third-order valence-electron chi connectivity index (χ3n) is 5.26. The van der Waals surface area contributed by atoms with Gasteiger partial charge in [0.1, 0.15) is 17.4 Å². The number of benzene rings is 2. The predicted molar refractivity (Wildman–Crippen MR) is 111 cm³/mol. The van der Waals surface area contributed by atoms with Gasteiger partial charge in [-0.3, -0.25) is 4.79 Å². The Morgan fingerprint density at radius 1 is 1.14 bits per heavy atom. The van der Waals surface area contributed by atoms with Gasteiger partial charge in [-0.2, -0.15) is 5.26 Å². The second-order valence-corrected chi connectivity index (χ2v) is 7.15. The van der Waals surface area contributed by atoms with Crippen LogP contribution in [-0.2, 0) is 9.53 Å². The second kappa shape index (κ2) is 7.69. The summed E-state index contributed by atoms with van der Waals surface area (Å²) < 4.78 is 5.97. The fourth-order valence-corrected chi connectivity index (χ4v) is 3.87. The first-order chi connectivity index (χ1) is 14.1. The average molecular weight is 383 g/mol. The third kappa shape index (κ3) is 3.53. The summed E-state index contributed by atoms with van der Waals surface area (Å²) in [7, 11) is 0. The van der Waals surface area contributed by atoms with Gasteiger partial charge in [-0.05, 0) is 17.2 Å². The highest BCUT2D eigenvalue weighted by molar-refractivity contribution is 5.76. The van der Waals surface area contributed by atoms with Crippen LogP contribution in [0.3, 0.4) is 0 Å². The summed E-state index contributed by atoms with van der Waals surface area (Å²) in [6, 6.07) is 21.8. The topological polar surface area (TPSA) is 79.3 Å². The highest BCUT2D eigenvalue weighted by Crippen LogP contribution is 2.43. The van der Waals surface area contributed by atoms with Crippen LogP contribution in [0, 0.1) is 11.3 Å². The first-order valence-electron chi connectivity index (χ1n) is 9.45. The zero-order chi connectivity index (χ0) is 20.4. The SMILES string of the molecule is CC(=O)N1CC2=C(OC(N)=C(C#N)C2c2ccccc2)/C(=C/c2ccccc2)C1. The van der Waals surface area contributed by atoms with Gasteiger partial charge in [0.25, 0.3) is 0 Å². The van der Waals surface area contributed by atoms with Crippen LogP contribution < -0.4 is 5.73 Å². The van der Waals surface area contributed by atoms with Gasteiger partial charge >= 0.3 is 0 Å². The van der Waals surface area contributed by atoms with Crippen LogP contribution in [0.5, 0.6) is 0 Å². The van der Waals surface area contributed by atoms with E-state index in [4.69, 9.17) is 10.5 Å². The van der Waals surface area contributed by atoms with Crippen LogP contribution >= 0.6 is 0 Å². The highest BCUT2D eigenvalue weighted by Gasteiger charge is 2.38. The molecule has 0 saturated heterocycles. The van der Waals surface area contributed by atoms with Crippen LogP contribution in [0.1, 0.15) is 24.0 Å². The minimum Gasteiger partial charge on any atom is -0.440 e. The van der Waals surface area contributed by atoms with E-state index in [0.29, 0.717) is 24.4 Å². The van der Waals surface area contributed by atoms with E-state index in [-0.39, 0.29) is 17.7 Å². The molecule has 1 atom stereocenters. The molecule has 0 radical (unpaired) electrons. The number of amides is 1. The minimum atomic E-state index is -0.341. The Labute approximate surface area is 170 Å². The molecule has 0 fully saturated rings. The van der Waals surface area contributed by atoms with Crippen molar-refractivity contribution < 1.29 is 9.53 Å². The summed E-state index contributed by atoms with van der Waals surface area (Å²) in [4.78, 5) is 14.0. The van der Waals surface area contributed by atoms with E-state index >= 15 is 0 Å². The number of nitriles is 1. The summed E-state index contributed by atoms with van der Waals surface area (Å²) in [5.41, 5.74) is 10.2. The van der Waals surface area contributed by atoms with E-state index in [1.165, 1.54) is 0 Å². The van der Waals surface area contributed by atoms with Crippen LogP contribution in [0.15, 0.2) is 89.0 Å². The average Bonchev–Trinajstić information content (AvgIpc) is 2.74. The molecule has 0 saturated carbocycles. The Bertz CT molecular complexity index is 1080. The zero-order valence-corrected chi connectivity index (χ0v) is 16.1. The molecule has 5 heteroatoms. The van der Waals surface area contributed by atoms with Gasteiger partial charge in [0.2, 0.25) is 11.8 Å². The fraction of sp³-hybridized carbons (Fsp3) is 0.167. The Balaban J connectivity index is 1.90. The molecule has 2 aromatic carbocycles. The number of carbonyl (C=O) groups is 1. The maximum Gasteiger partial charge on any atom is 0.220 e. The van der Waals surface area contributed by atoms with Gasteiger partial charge in [-0.1, -0.05) is 60.7 Å². The maximum atomic E-state index is 12.3. The Hall–Kier alpha value is -3.78. The van der Waals surface area contributed by atoms with Crippen molar-refractivity contribution in [2.45, 2.75) is 12.8 Å². The van der Waals surface area contributed by atoms with Crippen molar-refractivity contribution in [1.82, 2.24) is 4.90 Å². The van der Waals surface area contributed by atoms with Crippen molar-refractivity contribution in [3.8, 4) is 6.07 Å². The molecule has 2 aliphatic rings. The van der Waals surface area contributed by atoms with Crippen molar-refractivity contribution in [1.29, 1.82) is 5.26 Å². The lowest BCUT2D eigenvalue weighted by Gasteiger charge is -2.38. The van der Waals surface area contributed by atoms with Gasteiger partial charge in [0.15, 0.2) is 0 Å². The van der Waals surface area contributed by atoms with Crippen molar-refractivity contribution in [2.75, 3.05) is 13.1 Å². The van der Waals surface area contributed by atoms with E-state index in [2.05, 4.69) is 6.07 Å². The van der Waals surface area contributed by atoms with Gasteiger partial charge < -0.3 is 15.4 Å². The van der Waals surface area contributed by atoms with Gasteiger partial charge in [0, 0.05) is 31.2 Å². The number of hydrogen-bond donors (Lipinski definition) is 1. The van der Waals surface area contributed by atoms with Gasteiger partial charge in [-0.25, -0.2) is 0 Å². The van der Waals surface area contributed by atoms with Gasteiger partial charge in [0.05, 0.1) is 5.92 Å². The summed E-state index contributed by atoms with van der Waals surface area (Å²) in [5.74, 6) is 0.418. The molecule has 2 aliphatic heterocycles. The van der Waals surface area contributed by atoms with Crippen LogP contribution in [0.4, 0.5) is 0 Å². The van der Waals surface area contributed by atoms with Crippen molar-refractivity contribution in [2.24, 2.45) is 5.73 Å². The maximum absolute atomic E-state index is 12.3. The molecule has 2 aromatic rings. The van der Waals surface area contributed by atoms with Crippen LogP contribution in [-0.4, -0.2) is 23.9 Å². The number of rotatable bonds is 2. The van der Waals surface area contributed by atoms with E-state index in [0.717, 1.165) is 22.3 Å². The fourth-order valence-electron chi connectivity index (χ4n) is 3.87. The molecule has 29 heavy (non-hydrogen) atoms. The Morgan fingerprint density at radius 3 is 2.41 bits per heavy atom. The first kappa shape index (κ1) is 18.6. The predicted octanol–water partition coefficient (Wildman–Crippen LogP) is 3.69. The molecule has 1 amide bonds. The van der Waals surface area contributed by atoms with E-state index in [1.807, 2.05) is 66.7 Å². The molecule has 0 aromatic heterocycles. The summed E-state index contributed by atoms with van der Waals surface area (Å²) in [5, 5.41) is 9.77. The van der Waals surface area contributed by atoms with E-state index in [9.17, 15) is 10.1 Å². The highest BCUT2D eigenvalue weighted by atomic mass is 16.5. The van der Waals surface area contributed by atoms with E-state index < -0.39 is 0 Å². The lowest BCUT2D eigenvalue weighted by atomic mass is 9.80. The molecule has 5 nitrogen and oxygen atoms in total. The molecule has 0 spiro atoms. The molecule has 2 N–H and O–H groups in total. The molecule has 0 bridgehead atoms. The van der Waals surface area contributed by atoms with Crippen molar-refractivity contribution in [3.63, 3.8) is 0 Å². The molecule has 0 aliphatic carbocycles. The molecule has 1 unspecified atom stereocenters. The third-order valence-corrected chi connectivity index (χ3v) is 5.26. The van der Waals surface area contributed by atoms with Crippen LogP contribution in [0.2, 0.25) is 0 Å². The number of ether oxygens (including phenoxy) is 1. The summed E-state index contributed by atoms with van der Waals surface area (Å²) >= 11 is 0. The second-order valence-electron chi connectivity index (χ2n) is 7.15. The molecule has 144 valence electrons. The molecular weight excluding hydrogens is 362 g/mol. The van der Waals surface area contributed by atoms with Gasteiger partial charge in [-0.15, -0.1) is 0 Å². The van der Waals surface area contributed by atoms with Crippen molar-refractivity contribution >= 4 is 12.0 Å². The van der Waals surface area contributed by atoms with E-state index in [1.54, 1.807) is 11.8 Å². The lowest BCUT2D eigenvalue weighted by Crippen LogP contribution is -2.40. The summed E-state index contributed by atoms with van der Waals surface area (Å²) in [6.07, 6.45) is 2.01. The zero-order valence-electron chi connectivity index (χ0n) is 16.1. The molecule has 2 heterocycles.